The molecule has 2 heteroatoms. The lowest BCUT2D eigenvalue weighted by molar-refractivity contribution is 0.675. The van der Waals surface area contributed by atoms with Crippen LogP contribution in [0.15, 0.2) is 34.8 Å². The Morgan fingerprint density at radius 1 is 1.50 bits per heavy atom. The number of benzene rings is 1. The Bertz CT molecular complexity index is 375. The van der Waals surface area contributed by atoms with Gasteiger partial charge in [-0.25, -0.2) is 0 Å². The van der Waals surface area contributed by atoms with Crippen molar-refractivity contribution in [1.29, 1.82) is 0 Å². The molecule has 0 spiro atoms. The second-order valence-corrected chi connectivity index (χ2v) is 2.71. The smallest absolute Gasteiger partial charge is 0.150 e. The zero-order valence-electron chi connectivity index (χ0n) is 7.00. The third kappa shape index (κ3) is 1.16. The lowest BCUT2D eigenvalue weighted by Gasteiger charge is -1.97. The first kappa shape index (κ1) is 7.22. The van der Waals surface area contributed by atoms with Crippen LogP contribution in [0.3, 0.4) is 0 Å². The lowest BCUT2D eigenvalue weighted by atomic mass is 10.3. The van der Waals surface area contributed by atoms with Crippen LogP contribution in [0.25, 0.3) is 11.2 Å². The van der Waals surface area contributed by atoms with E-state index in [9.17, 15) is 0 Å². The Morgan fingerprint density at radius 3 is 3.00 bits per heavy atom. The van der Waals surface area contributed by atoms with Gasteiger partial charge in [0.2, 0.25) is 0 Å². The fraction of sp³-hybridized carbons (Fsp3) is 0.200. The van der Waals surface area contributed by atoms with Gasteiger partial charge < -0.3 is 9.73 Å². The highest BCUT2D eigenvalue weighted by molar-refractivity contribution is 5.79. The normalized spacial score (nSPS) is 11.8. The number of furan rings is 2. The zero-order chi connectivity index (χ0) is 8.39. The Kier molecular flexibility index (Phi) is 1.74. The largest absolute Gasteiger partial charge is 0.455 e. The van der Waals surface area contributed by atoms with E-state index in [-0.39, 0.29) is 0 Å². The van der Waals surface area contributed by atoms with Crippen LogP contribution < -0.4 is 5.32 Å². The minimum atomic E-state index is 0.857. The standard InChI is InChI=1S/C10H11NO/c1-2-3-6-11-9-7-8-4-5-10(9)12-8/h2-5,7,11H,6H2,1H3. The molecule has 0 aliphatic rings. The molecule has 2 heterocycles. The maximum Gasteiger partial charge on any atom is 0.150 e. The minimum Gasteiger partial charge on any atom is -0.455 e. The number of fused-ring (bicyclic) bond motifs is 2. The van der Waals surface area contributed by atoms with Crippen molar-refractivity contribution in [3.8, 4) is 0 Å². The molecule has 2 bridgehead atoms. The third-order valence-corrected chi connectivity index (χ3v) is 1.82. The fourth-order valence-corrected chi connectivity index (χ4v) is 1.21. The summed E-state index contributed by atoms with van der Waals surface area (Å²) in [5.74, 6) is 0. The summed E-state index contributed by atoms with van der Waals surface area (Å²) in [6.07, 6.45) is 4.09. The maximum atomic E-state index is 5.36. The monoisotopic (exact) mass is 161 g/mol. The molecule has 0 radical (unpaired) electrons. The van der Waals surface area contributed by atoms with Crippen LogP contribution in [0.1, 0.15) is 6.92 Å². The molecule has 2 aromatic heterocycles. The van der Waals surface area contributed by atoms with Gasteiger partial charge in [0.25, 0.3) is 0 Å². The molecule has 2 rings (SSSR count). The molecule has 0 amide bonds. The molecule has 2 nitrogen and oxygen atoms in total. The molecule has 0 aromatic carbocycles. The van der Waals surface area contributed by atoms with E-state index < -0.39 is 0 Å². The van der Waals surface area contributed by atoms with Gasteiger partial charge in [0.05, 0.1) is 5.69 Å². The van der Waals surface area contributed by atoms with Crippen molar-refractivity contribution >= 4 is 16.9 Å². The molecule has 0 fully saturated rings. The van der Waals surface area contributed by atoms with Gasteiger partial charge in [-0.3, -0.25) is 0 Å². The quantitative estimate of drug-likeness (QED) is 0.700. The first-order valence-corrected chi connectivity index (χ1v) is 4.07. The van der Waals surface area contributed by atoms with Crippen LogP contribution in [0, 0.1) is 0 Å². The molecule has 2 aromatic rings. The zero-order valence-corrected chi connectivity index (χ0v) is 7.00. The van der Waals surface area contributed by atoms with Gasteiger partial charge in [0.1, 0.15) is 5.58 Å². The molecule has 12 heavy (non-hydrogen) atoms. The SMILES string of the molecule is CC=CCNc1cc2ccc1o2. The Balaban J connectivity index is 2.09. The number of anilines is 1. The molecular formula is C10H11NO. The molecule has 0 atom stereocenters. The van der Waals surface area contributed by atoms with Crippen LogP contribution in [-0.2, 0) is 0 Å². The van der Waals surface area contributed by atoms with Gasteiger partial charge in [0, 0.05) is 12.6 Å². The highest BCUT2D eigenvalue weighted by Gasteiger charge is 2.04. The highest BCUT2D eigenvalue weighted by Crippen LogP contribution is 2.26. The van der Waals surface area contributed by atoms with Gasteiger partial charge in [-0.2, -0.15) is 0 Å². The van der Waals surface area contributed by atoms with Crippen molar-refractivity contribution in [3.63, 3.8) is 0 Å². The lowest BCUT2D eigenvalue weighted by Crippen LogP contribution is -1.96. The Hall–Kier alpha value is -1.44. The van der Waals surface area contributed by atoms with Gasteiger partial charge >= 0.3 is 0 Å². The predicted octanol–water partition coefficient (Wildman–Crippen LogP) is 2.86. The summed E-state index contributed by atoms with van der Waals surface area (Å²) in [5, 5.41) is 3.25. The van der Waals surface area contributed by atoms with Crippen molar-refractivity contribution in [1.82, 2.24) is 0 Å². The summed E-state index contributed by atoms with van der Waals surface area (Å²) in [6, 6.07) is 5.96. The Morgan fingerprint density at radius 2 is 2.42 bits per heavy atom. The first-order chi connectivity index (χ1) is 5.90. The molecule has 0 aliphatic carbocycles. The van der Waals surface area contributed by atoms with Crippen LogP contribution in [0.5, 0.6) is 0 Å². The van der Waals surface area contributed by atoms with E-state index in [2.05, 4.69) is 11.4 Å². The second-order valence-electron chi connectivity index (χ2n) is 2.71. The molecule has 1 N–H and O–H groups in total. The van der Waals surface area contributed by atoms with E-state index in [1.165, 1.54) is 0 Å². The summed E-state index contributed by atoms with van der Waals surface area (Å²) in [6.45, 7) is 2.87. The predicted molar refractivity (Wildman–Crippen MR) is 50.7 cm³/mol. The van der Waals surface area contributed by atoms with Crippen molar-refractivity contribution in [2.24, 2.45) is 0 Å². The number of rotatable bonds is 3. The molecule has 0 unspecified atom stereocenters. The van der Waals surface area contributed by atoms with Crippen molar-refractivity contribution in [2.45, 2.75) is 6.92 Å². The van der Waals surface area contributed by atoms with Crippen LogP contribution in [-0.4, -0.2) is 6.54 Å². The molecular weight excluding hydrogens is 150 g/mol. The second kappa shape index (κ2) is 2.89. The first-order valence-electron chi connectivity index (χ1n) is 4.07. The summed E-state index contributed by atoms with van der Waals surface area (Å²) >= 11 is 0. The number of hydrogen-bond donors (Lipinski definition) is 1. The van der Waals surface area contributed by atoms with Gasteiger partial charge in [-0.1, -0.05) is 12.2 Å². The van der Waals surface area contributed by atoms with Gasteiger partial charge in [-0.05, 0) is 19.1 Å². The minimum absolute atomic E-state index is 0.857. The van der Waals surface area contributed by atoms with Gasteiger partial charge in [0.15, 0.2) is 5.58 Å². The maximum absolute atomic E-state index is 5.36. The van der Waals surface area contributed by atoms with Crippen LogP contribution in [0.2, 0.25) is 0 Å². The molecule has 0 saturated heterocycles. The summed E-state index contributed by atoms with van der Waals surface area (Å²) in [5.41, 5.74) is 2.97. The Labute approximate surface area is 71.2 Å². The molecule has 0 aliphatic heterocycles. The molecule has 0 saturated carbocycles. The van der Waals surface area contributed by atoms with E-state index in [1.807, 2.05) is 31.2 Å². The van der Waals surface area contributed by atoms with E-state index in [0.717, 1.165) is 23.4 Å². The number of nitrogens with one attached hydrogen (secondary N) is 1. The van der Waals surface area contributed by atoms with Crippen LogP contribution in [0.4, 0.5) is 5.69 Å². The van der Waals surface area contributed by atoms with Crippen LogP contribution >= 0.6 is 0 Å². The summed E-state index contributed by atoms with van der Waals surface area (Å²) in [4.78, 5) is 0. The third-order valence-electron chi connectivity index (χ3n) is 1.82. The topological polar surface area (TPSA) is 25.2 Å². The van der Waals surface area contributed by atoms with Gasteiger partial charge in [-0.15, -0.1) is 0 Å². The summed E-state index contributed by atoms with van der Waals surface area (Å²) in [7, 11) is 0. The van der Waals surface area contributed by atoms with E-state index >= 15 is 0 Å². The van der Waals surface area contributed by atoms with Crippen molar-refractivity contribution in [3.05, 3.63) is 30.4 Å². The number of allylic oxidation sites excluding steroid dienone is 1. The highest BCUT2D eigenvalue weighted by atomic mass is 16.3. The van der Waals surface area contributed by atoms with E-state index in [4.69, 9.17) is 4.42 Å². The average Bonchev–Trinajstić information content (AvgIpc) is 2.65. The van der Waals surface area contributed by atoms with E-state index in [1.54, 1.807) is 0 Å². The van der Waals surface area contributed by atoms with Crippen molar-refractivity contribution in [2.75, 3.05) is 11.9 Å². The average molecular weight is 161 g/mol. The fourth-order valence-electron chi connectivity index (χ4n) is 1.21. The van der Waals surface area contributed by atoms with E-state index in [0.29, 0.717) is 0 Å². The van der Waals surface area contributed by atoms with Crippen molar-refractivity contribution < 1.29 is 4.42 Å². The summed E-state index contributed by atoms with van der Waals surface area (Å²) < 4.78 is 5.36. The molecule has 62 valence electrons. The number of hydrogen-bond acceptors (Lipinski definition) is 2.